The molecule has 1 aromatic carbocycles. The maximum Gasteiger partial charge on any atom is 0.223 e. The van der Waals surface area contributed by atoms with Crippen molar-refractivity contribution in [2.24, 2.45) is 11.7 Å². The number of benzene rings is 1. The summed E-state index contributed by atoms with van der Waals surface area (Å²) in [5.74, 6) is 1.79. The first-order valence-electron chi connectivity index (χ1n) is 7.41. The maximum absolute atomic E-state index is 12.1. The number of hydrogen-bond donors (Lipinski definition) is 1. The molecule has 2 fully saturated rings. The van der Waals surface area contributed by atoms with E-state index < -0.39 is 0 Å². The Balaban J connectivity index is 1.76. The van der Waals surface area contributed by atoms with E-state index in [1.54, 1.807) is 14.2 Å². The Morgan fingerprint density at radius 3 is 2.57 bits per heavy atom. The molecule has 3 rings (SSSR count). The predicted molar refractivity (Wildman–Crippen MR) is 79.3 cm³/mol. The van der Waals surface area contributed by atoms with E-state index in [1.165, 1.54) is 0 Å². The third-order valence-corrected chi connectivity index (χ3v) is 4.48. The summed E-state index contributed by atoms with van der Waals surface area (Å²) in [4.78, 5) is 14.1. The molecule has 0 aromatic heterocycles. The number of carbonyl (C=O) groups excluding carboxylic acids is 1. The van der Waals surface area contributed by atoms with Gasteiger partial charge in [0.25, 0.3) is 0 Å². The van der Waals surface area contributed by atoms with E-state index in [4.69, 9.17) is 15.2 Å². The molecule has 1 saturated carbocycles. The van der Waals surface area contributed by atoms with Crippen LogP contribution in [0.5, 0.6) is 11.5 Å². The molecule has 2 unspecified atom stereocenters. The van der Waals surface area contributed by atoms with Crippen LogP contribution in [0.2, 0.25) is 0 Å². The Morgan fingerprint density at radius 1 is 1.24 bits per heavy atom. The molecule has 1 aromatic rings. The van der Waals surface area contributed by atoms with E-state index in [-0.39, 0.29) is 17.9 Å². The largest absolute Gasteiger partial charge is 0.493 e. The molecule has 1 heterocycles. The molecule has 0 radical (unpaired) electrons. The summed E-state index contributed by atoms with van der Waals surface area (Å²) in [7, 11) is 3.22. The van der Waals surface area contributed by atoms with Gasteiger partial charge in [-0.2, -0.15) is 0 Å². The molecule has 5 heteroatoms. The molecular weight excluding hydrogens is 268 g/mol. The molecule has 2 aliphatic rings. The van der Waals surface area contributed by atoms with Gasteiger partial charge in [0.2, 0.25) is 5.91 Å². The molecule has 114 valence electrons. The molecule has 5 nitrogen and oxygen atoms in total. The number of methoxy groups -OCH3 is 2. The first kappa shape index (κ1) is 14.2. The summed E-state index contributed by atoms with van der Waals surface area (Å²) >= 11 is 0. The van der Waals surface area contributed by atoms with Gasteiger partial charge >= 0.3 is 0 Å². The monoisotopic (exact) mass is 290 g/mol. The van der Waals surface area contributed by atoms with E-state index in [2.05, 4.69) is 0 Å². The molecule has 1 saturated heterocycles. The fraction of sp³-hybridized carbons (Fsp3) is 0.562. The summed E-state index contributed by atoms with van der Waals surface area (Å²) in [6.45, 7) is 0.777. The first-order chi connectivity index (χ1) is 10.1. The van der Waals surface area contributed by atoms with Gasteiger partial charge in [-0.05, 0) is 30.5 Å². The van der Waals surface area contributed by atoms with Crippen LogP contribution in [0, 0.1) is 5.92 Å². The lowest BCUT2D eigenvalue weighted by Crippen LogP contribution is -2.29. The fourth-order valence-corrected chi connectivity index (χ4v) is 3.07. The lowest BCUT2D eigenvalue weighted by molar-refractivity contribution is -0.128. The van der Waals surface area contributed by atoms with Crippen LogP contribution in [0.15, 0.2) is 18.2 Å². The number of ether oxygens (including phenoxy) is 2. The van der Waals surface area contributed by atoms with Crippen molar-refractivity contribution in [2.45, 2.75) is 31.3 Å². The van der Waals surface area contributed by atoms with Gasteiger partial charge in [-0.15, -0.1) is 0 Å². The molecule has 0 bridgehead atoms. The maximum atomic E-state index is 12.1. The van der Waals surface area contributed by atoms with Crippen LogP contribution in [0.3, 0.4) is 0 Å². The van der Waals surface area contributed by atoms with Gasteiger partial charge in [-0.25, -0.2) is 0 Å². The van der Waals surface area contributed by atoms with Crippen LogP contribution >= 0.6 is 0 Å². The van der Waals surface area contributed by atoms with Gasteiger partial charge in [0, 0.05) is 31.0 Å². The van der Waals surface area contributed by atoms with Crippen molar-refractivity contribution in [3.05, 3.63) is 23.8 Å². The molecule has 1 aliphatic heterocycles. The predicted octanol–water partition coefficient (Wildman–Crippen LogP) is 1.71. The normalized spacial score (nSPS) is 23.3. The lowest BCUT2D eigenvalue weighted by atomic mass is 9.93. The summed E-state index contributed by atoms with van der Waals surface area (Å²) < 4.78 is 10.6. The van der Waals surface area contributed by atoms with Crippen LogP contribution in [-0.2, 0) is 4.79 Å². The van der Waals surface area contributed by atoms with Gasteiger partial charge in [0.15, 0.2) is 11.5 Å². The number of nitrogens with two attached hydrogens (primary N) is 1. The quantitative estimate of drug-likeness (QED) is 0.896. The van der Waals surface area contributed by atoms with Crippen molar-refractivity contribution in [1.82, 2.24) is 4.90 Å². The molecular formula is C16H22N2O3. The number of amides is 1. The highest BCUT2D eigenvalue weighted by Gasteiger charge is 2.41. The van der Waals surface area contributed by atoms with Crippen LogP contribution in [0.4, 0.5) is 0 Å². The van der Waals surface area contributed by atoms with Crippen LogP contribution in [-0.4, -0.2) is 37.6 Å². The summed E-state index contributed by atoms with van der Waals surface area (Å²) in [6, 6.07) is 6.05. The zero-order valence-electron chi connectivity index (χ0n) is 12.5. The minimum Gasteiger partial charge on any atom is -0.493 e. The summed E-state index contributed by atoms with van der Waals surface area (Å²) in [5, 5.41) is 0. The van der Waals surface area contributed by atoms with Crippen LogP contribution in [0.1, 0.15) is 30.9 Å². The van der Waals surface area contributed by atoms with E-state index in [0.717, 1.165) is 24.9 Å². The van der Waals surface area contributed by atoms with Crippen LogP contribution < -0.4 is 15.2 Å². The number of rotatable bonds is 5. The molecule has 21 heavy (non-hydrogen) atoms. The average Bonchev–Trinajstić information content (AvgIpc) is 3.28. The third-order valence-electron chi connectivity index (χ3n) is 4.48. The minimum absolute atomic E-state index is 0.155. The third kappa shape index (κ3) is 2.70. The van der Waals surface area contributed by atoms with Crippen molar-refractivity contribution < 1.29 is 14.3 Å². The Labute approximate surface area is 125 Å². The highest BCUT2D eigenvalue weighted by atomic mass is 16.5. The van der Waals surface area contributed by atoms with Gasteiger partial charge in [-0.1, -0.05) is 6.07 Å². The Hall–Kier alpha value is -1.75. The van der Waals surface area contributed by atoms with Gasteiger partial charge in [0.1, 0.15) is 0 Å². The number of likely N-dealkylation sites (tertiary alicyclic amines) is 1. The van der Waals surface area contributed by atoms with Crippen molar-refractivity contribution in [1.29, 1.82) is 0 Å². The van der Waals surface area contributed by atoms with E-state index in [9.17, 15) is 4.79 Å². The highest BCUT2D eigenvalue weighted by molar-refractivity contribution is 5.79. The highest BCUT2D eigenvalue weighted by Crippen LogP contribution is 2.38. The smallest absolute Gasteiger partial charge is 0.223 e. The van der Waals surface area contributed by atoms with Crippen molar-refractivity contribution >= 4 is 5.91 Å². The van der Waals surface area contributed by atoms with E-state index in [0.29, 0.717) is 24.0 Å². The van der Waals surface area contributed by atoms with Crippen molar-refractivity contribution in [3.8, 4) is 11.5 Å². The fourth-order valence-electron chi connectivity index (χ4n) is 3.07. The summed E-state index contributed by atoms with van der Waals surface area (Å²) in [6.07, 6.45) is 2.83. The second-order valence-electron chi connectivity index (χ2n) is 5.88. The first-order valence-corrected chi connectivity index (χ1v) is 7.41. The van der Waals surface area contributed by atoms with Gasteiger partial charge in [0.05, 0.1) is 14.2 Å². The molecule has 2 N–H and O–H groups in total. The number of nitrogens with zero attached hydrogens (tertiary/aromatic N) is 1. The van der Waals surface area contributed by atoms with E-state index in [1.807, 2.05) is 23.1 Å². The van der Waals surface area contributed by atoms with Crippen molar-refractivity contribution in [3.63, 3.8) is 0 Å². The lowest BCUT2D eigenvalue weighted by Gasteiger charge is -2.21. The zero-order chi connectivity index (χ0) is 15.0. The molecule has 2 atom stereocenters. The van der Waals surface area contributed by atoms with Crippen LogP contribution in [0.25, 0.3) is 0 Å². The van der Waals surface area contributed by atoms with Gasteiger partial charge in [-0.3, -0.25) is 4.79 Å². The number of hydrogen-bond acceptors (Lipinski definition) is 4. The molecule has 0 spiro atoms. The average molecular weight is 290 g/mol. The Bertz CT molecular complexity index is 542. The standard InChI is InChI=1S/C16H22N2O3/c1-20-13-6-3-10(7-14(13)21-2)16(17)11-8-15(19)18(9-11)12-4-5-12/h3,6-7,11-12,16H,4-5,8-9,17H2,1-2H3. The molecule has 1 amide bonds. The number of carbonyl (C=O) groups is 1. The van der Waals surface area contributed by atoms with Gasteiger partial charge < -0.3 is 20.1 Å². The zero-order valence-corrected chi connectivity index (χ0v) is 12.5. The molecule has 1 aliphatic carbocycles. The Morgan fingerprint density at radius 2 is 1.95 bits per heavy atom. The Kier molecular flexibility index (Phi) is 3.76. The summed E-state index contributed by atoms with van der Waals surface area (Å²) in [5.41, 5.74) is 7.37. The van der Waals surface area contributed by atoms with Crippen molar-refractivity contribution in [2.75, 3.05) is 20.8 Å². The second-order valence-corrected chi connectivity index (χ2v) is 5.88. The second kappa shape index (κ2) is 5.56. The van der Waals surface area contributed by atoms with E-state index >= 15 is 0 Å². The minimum atomic E-state index is -0.155. The topological polar surface area (TPSA) is 64.8 Å². The SMILES string of the molecule is COc1ccc(C(N)C2CC(=O)N(C3CC3)C2)cc1OC.